The van der Waals surface area contributed by atoms with Gasteiger partial charge in [-0.05, 0) is 36.4 Å². The second-order valence-electron chi connectivity index (χ2n) is 4.33. The van der Waals surface area contributed by atoms with E-state index < -0.39 is 18.5 Å². The summed E-state index contributed by atoms with van der Waals surface area (Å²) in [6.45, 7) is -0.428. The Balaban J connectivity index is 1.90. The first-order valence-electron chi connectivity index (χ1n) is 6.31. The number of rotatable bonds is 4. The summed E-state index contributed by atoms with van der Waals surface area (Å²) in [6, 6.07) is 14.6. The minimum Gasteiger partial charge on any atom is -0.452 e. The summed E-state index contributed by atoms with van der Waals surface area (Å²) >= 11 is 5.80. The third kappa shape index (κ3) is 4.33. The number of anilines is 1. The van der Waals surface area contributed by atoms with Crippen LogP contribution < -0.4 is 5.32 Å². The summed E-state index contributed by atoms with van der Waals surface area (Å²) in [6.07, 6.45) is 0. The first-order valence-corrected chi connectivity index (χ1v) is 6.69. The lowest BCUT2D eigenvalue weighted by Gasteiger charge is -2.07. The van der Waals surface area contributed by atoms with Crippen LogP contribution in [0.15, 0.2) is 48.5 Å². The van der Waals surface area contributed by atoms with Gasteiger partial charge in [0.1, 0.15) is 0 Å². The summed E-state index contributed by atoms with van der Waals surface area (Å²) in [5, 5.41) is 11.8. The van der Waals surface area contributed by atoms with Crippen LogP contribution >= 0.6 is 11.6 Å². The van der Waals surface area contributed by atoms with Gasteiger partial charge in [-0.2, -0.15) is 5.26 Å². The van der Waals surface area contributed by atoms with Gasteiger partial charge in [0.05, 0.1) is 17.2 Å². The molecule has 0 fully saturated rings. The van der Waals surface area contributed by atoms with Crippen LogP contribution in [0.1, 0.15) is 15.9 Å². The van der Waals surface area contributed by atoms with Crippen molar-refractivity contribution < 1.29 is 14.3 Å². The molecule has 5 nitrogen and oxygen atoms in total. The molecule has 0 aliphatic carbocycles. The van der Waals surface area contributed by atoms with Crippen LogP contribution in [-0.2, 0) is 9.53 Å². The van der Waals surface area contributed by atoms with Crippen molar-refractivity contribution in [3.63, 3.8) is 0 Å². The Labute approximate surface area is 132 Å². The van der Waals surface area contributed by atoms with Gasteiger partial charge in [-0.3, -0.25) is 4.79 Å². The zero-order chi connectivity index (χ0) is 15.9. The monoisotopic (exact) mass is 314 g/mol. The predicted molar refractivity (Wildman–Crippen MR) is 81.5 cm³/mol. The van der Waals surface area contributed by atoms with Crippen molar-refractivity contribution in [1.82, 2.24) is 0 Å². The fourth-order valence-electron chi connectivity index (χ4n) is 1.69. The van der Waals surface area contributed by atoms with Gasteiger partial charge in [0.25, 0.3) is 5.91 Å². The second-order valence-corrected chi connectivity index (χ2v) is 4.76. The Morgan fingerprint density at radius 1 is 1.18 bits per heavy atom. The predicted octanol–water partition coefficient (Wildman–Crippen LogP) is 3.01. The average Bonchev–Trinajstić information content (AvgIpc) is 2.52. The van der Waals surface area contributed by atoms with E-state index in [1.54, 1.807) is 36.4 Å². The lowest BCUT2D eigenvalue weighted by Crippen LogP contribution is -2.20. The zero-order valence-electron chi connectivity index (χ0n) is 11.4. The van der Waals surface area contributed by atoms with Crippen LogP contribution in [0, 0.1) is 11.3 Å². The molecule has 0 saturated carbocycles. The van der Waals surface area contributed by atoms with Crippen LogP contribution in [-0.4, -0.2) is 18.5 Å². The van der Waals surface area contributed by atoms with Crippen LogP contribution in [0.5, 0.6) is 0 Å². The molecule has 22 heavy (non-hydrogen) atoms. The molecule has 2 aromatic rings. The highest BCUT2D eigenvalue weighted by atomic mass is 35.5. The van der Waals surface area contributed by atoms with E-state index in [0.717, 1.165) is 0 Å². The number of nitrogens with zero attached hydrogens (tertiary/aromatic N) is 1. The molecule has 2 aromatic carbocycles. The third-order valence-corrected chi connectivity index (χ3v) is 2.91. The lowest BCUT2D eigenvalue weighted by atomic mass is 10.1. The van der Waals surface area contributed by atoms with Crippen LogP contribution in [0.25, 0.3) is 0 Å². The normalized spacial score (nSPS) is 9.64. The summed E-state index contributed by atoms with van der Waals surface area (Å²) in [5.74, 6) is -1.15. The zero-order valence-corrected chi connectivity index (χ0v) is 12.1. The van der Waals surface area contributed by atoms with Crippen LogP contribution in [0.2, 0.25) is 5.02 Å². The molecule has 0 saturated heterocycles. The molecule has 0 atom stereocenters. The fourth-order valence-corrected chi connectivity index (χ4v) is 1.88. The number of ether oxygens (including phenoxy) is 1. The number of nitriles is 1. The molecule has 1 amide bonds. The molecule has 0 unspecified atom stereocenters. The van der Waals surface area contributed by atoms with E-state index >= 15 is 0 Å². The highest BCUT2D eigenvalue weighted by Crippen LogP contribution is 2.14. The summed E-state index contributed by atoms with van der Waals surface area (Å²) in [4.78, 5) is 23.5. The highest BCUT2D eigenvalue weighted by Gasteiger charge is 2.11. The average molecular weight is 315 g/mol. The lowest BCUT2D eigenvalue weighted by molar-refractivity contribution is -0.119. The Bertz CT molecular complexity index is 753. The maximum Gasteiger partial charge on any atom is 0.338 e. The molecule has 0 heterocycles. The molecule has 110 valence electrons. The largest absolute Gasteiger partial charge is 0.452 e. The third-order valence-electron chi connectivity index (χ3n) is 2.67. The molecular formula is C16H11ClN2O3. The molecule has 2 rings (SSSR count). The Hall–Kier alpha value is -2.84. The van der Waals surface area contributed by atoms with Gasteiger partial charge in [0, 0.05) is 10.7 Å². The number of halogens is 1. The van der Waals surface area contributed by atoms with Gasteiger partial charge < -0.3 is 10.1 Å². The molecule has 0 spiro atoms. The van der Waals surface area contributed by atoms with E-state index in [1.807, 2.05) is 6.07 Å². The number of hydrogen-bond donors (Lipinski definition) is 1. The number of hydrogen-bond acceptors (Lipinski definition) is 4. The second kappa shape index (κ2) is 7.25. The van der Waals surface area contributed by atoms with Crippen LogP contribution in [0.3, 0.4) is 0 Å². The van der Waals surface area contributed by atoms with Gasteiger partial charge in [0.15, 0.2) is 6.61 Å². The number of esters is 1. The molecule has 6 heteroatoms. The Morgan fingerprint density at radius 3 is 2.68 bits per heavy atom. The van der Waals surface area contributed by atoms with Crippen molar-refractivity contribution in [3.8, 4) is 6.07 Å². The molecule has 1 N–H and O–H groups in total. The smallest absolute Gasteiger partial charge is 0.338 e. The van der Waals surface area contributed by atoms with E-state index in [9.17, 15) is 9.59 Å². The maximum absolute atomic E-state index is 11.8. The van der Waals surface area contributed by atoms with Crippen molar-refractivity contribution >= 4 is 29.2 Å². The fraction of sp³-hybridized carbons (Fsp3) is 0.0625. The first-order chi connectivity index (χ1) is 10.6. The number of carbonyl (C=O) groups excluding carboxylic acids is 2. The van der Waals surface area contributed by atoms with Gasteiger partial charge >= 0.3 is 5.97 Å². The number of nitrogens with one attached hydrogen (secondary N) is 1. The van der Waals surface area contributed by atoms with E-state index in [-0.39, 0.29) is 5.56 Å². The van der Waals surface area contributed by atoms with Crippen molar-refractivity contribution in [2.45, 2.75) is 0 Å². The number of carbonyl (C=O) groups is 2. The molecule has 0 aliphatic rings. The molecule has 0 radical (unpaired) electrons. The molecule has 0 aliphatic heterocycles. The number of amides is 1. The quantitative estimate of drug-likeness (QED) is 0.880. The summed E-state index contributed by atoms with van der Waals surface area (Å²) in [5.41, 5.74) is 1.08. The minimum absolute atomic E-state index is 0.217. The van der Waals surface area contributed by atoms with E-state index in [0.29, 0.717) is 16.3 Å². The first kappa shape index (κ1) is 15.5. The SMILES string of the molecule is N#Cc1cccc(C(=O)OCC(=O)Nc2cccc(Cl)c2)c1. The van der Waals surface area contributed by atoms with E-state index in [2.05, 4.69) is 5.32 Å². The van der Waals surface area contributed by atoms with E-state index in [1.165, 1.54) is 12.1 Å². The minimum atomic E-state index is -0.668. The highest BCUT2D eigenvalue weighted by molar-refractivity contribution is 6.30. The van der Waals surface area contributed by atoms with Crippen molar-refractivity contribution in [2.24, 2.45) is 0 Å². The van der Waals surface area contributed by atoms with Gasteiger partial charge in [-0.15, -0.1) is 0 Å². The van der Waals surface area contributed by atoms with Crippen molar-refractivity contribution in [2.75, 3.05) is 11.9 Å². The van der Waals surface area contributed by atoms with Crippen molar-refractivity contribution in [1.29, 1.82) is 5.26 Å². The standard InChI is InChI=1S/C16H11ClN2O3/c17-13-5-2-6-14(8-13)19-15(20)10-22-16(21)12-4-1-3-11(7-12)9-18/h1-8H,10H2,(H,19,20). The number of benzene rings is 2. The van der Waals surface area contributed by atoms with E-state index in [4.69, 9.17) is 21.6 Å². The maximum atomic E-state index is 11.8. The molecule has 0 bridgehead atoms. The van der Waals surface area contributed by atoms with Gasteiger partial charge in [0.2, 0.25) is 0 Å². The topological polar surface area (TPSA) is 79.2 Å². The molecule has 0 aromatic heterocycles. The Morgan fingerprint density at radius 2 is 1.95 bits per heavy atom. The summed E-state index contributed by atoms with van der Waals surface area (Å²) < 4.78 is 4.90. The summed E-state index contributed by atoms with van der Waals surface area (Å²) in [7, 11) is 0. The van der Waals surface area contributed by atoms with Gasteiger partial charge in [-0.25, -0.2) is 4.79 Å². The molecular weight excluding hydrogens is 304 g/mol. The Kier molecular flexibility index (Phi) is 5.12. The van der Waals surface area contributed by atoms with Crippen molar-refractivity contribution in [3.05, 3.63) is 64.7 Å². The van der Waals surface area contributed by atoms with Crippen LogP contribution in [0.4, 0.5) is 5.69 Å². The van der Waals surface area contributed by atoms with Gasteiger partial charge in [-0.1, -0.05) is 23.7 Å².